The number of imide groups is 1. The van der Waals surface area contributed by atoms with E-state index < -0.39 is 5.25 Å². The van der Waals surface area contributed by atoms with E-state index in [1.54, 1.807) is 0 Å². The summed E-state index contributed by atoms with van der Waals surface area (Å²) in [5, 5.41) is 4.80. The van der Waals surface area contributed by atoms with Gasteiger partial charge in [-0.3, -0.25) is 19.7 Å². The Labute approximate surface area is 191 Å². The minimum Gasteiger partial charge on any atom is -0.345 e. The monoisotopic (exact) mass is 444 g/mol. The number of carbonyl (C=O) groups is 3. The van der Waals surface area contributed by atoms with Gasteiger partial charge in [0.1, 0.15) is 0 Å². The van der Waals surface area contributed by atoms with Crippen molar-refractivity contribution in [3.05, 3.63) is 107 Å². The highest BCUT2D eigenvalue weighted by Gasteiger charge is 2.31. The summed E-state index contributed by atoms with van der Waals surface area (Å²) >= 11 is 1.02. The summed E-state index contributed by atoms with van der Waals surface area (Å²) < 4.78 is 0. The maximum absolute atomic E-state index is 13.1. The first kappa shape index (κ1) is 21.8. The number of hydrogen-bond acceptors (Lipinski definition) is 4. The van der Waals surface area contributed by atoms with Gasteiger partial charge in [-0.1, -0.05) is 96.7 Å². The molecular weight excluding hydrogens is 420 g/mol. The lowest BCUT2D eigenvalue weighted by Crippen LogP contribution is -2.32. The summed E-state index contributed by atoms with van der Waals surface area (Å²) in [6.07, 6.45) is 0.450. The van der Waals surface area contributed by atoms with E-state index in [9.17, 15) is 14.4 Å². The molecule has 0 bridgehead atoms. The Morgan fingerprint density at radius 2 is 1.53 bits per heavy atom. The number of hydrogen-bond donors (Lipinski definition) is 2. The van der Waals surface area contributed by atoms with Crippen molar-refractivity contribution in [1.29, 1.82) is 0 Å². The number of thioether (sulfide) groups is 1. The summed E-state index contributed by atoms with van der Waals surface area (Å²) in [6.45, 7) is 1.90. The predicted molar refractivity (Wildman–Crippen MR) is 126 cm³/mol. The van der Waals surface area contributed by atoms with Crippen LogP contribution in [-0.4, -0.2) is 22.3 Å². The van der Waals surface area contributed by atoms with Crippen LogP contribution in [0, 0.1) is 0 Å². The topological polar surface area (TPSA) is 75.3 Å². The molecule has 0 radical (unpaired) electrons. The third-order valence-corrected chi connectivity index (χ3v) is 6.57. The molecule has 4 rings (SSSR count). The molecule has 2 unspecified atom stereocenters. The zero-order valence-corrected chi connectivity index (χ0v) is 18.5. The van der Waals surface area contributed by atoms with Gasteiger partial charge in [0.25, 0.3) is 5.24 Å². The van der Waals surface area contributed by atoms with E-state index in [-0.39, 0.29) is 29.0 Å². The number of amides is 3. The summed E-state index contributed by atoms with van der Waals surface area (Å²) in [5.41, 5.74) is 3.80. The smallest absolute Gasteiger partial charge is 0.286 e. The van der Waals surface area contributed by atoms with E-state index in [0.29, 0.717) is 6.42 Å². The summed E-state index contributed by atoms with van der Waals surface area (Å²) in [5.74, 6) is -0.614. The van der Waals surface area contributed by atoms with E-state index in [1.165, 1.54) is 0 Å². The van der Waals surface area contributed by atoms with Crippen molar-refractivity contribution in [3.63, 3.8) is 0 Å². The van der Waals surface area contributed by atoms with Gasteiger partial charge in [0.05, 0.1) is 17.2 Å². The molecule has 5 nitrogen and oxygen atoms in total. The number of carbonyl (C=O) groups excluding carboxylic acids is 3. The summed E-state index contributed by atoms with van der Waals surface area (Å²) in [4.78, 5) is 36.6. The minimum absolute atomic E-state index is 0.0632. The average molecular weight is 445 g/mol. The van der Waals surface area contributed by atoms with Crippen molar-refractivity contribution in [2.75, 3.05) is 0 Å². The van der Waals surface area contributed by atoms with E-state index in [2.05, 4.69) is 10.6 Å². The van der Waals surface area contributed by atoms with E-state index in [4.69, 9.17) is 0 Å². The number of rotatable bonds is 7. The van der Waals surface area contributed by atoms with Crippen LogP contribution in [0.1, 0.15) is 41.1 Å². The Kier molecular flexibility index (Phi) is 6.71. The van der Waals surface area contributed by atoms with Gasteiger partial charge in [0.15, 0.2) is 0 Å². The van der Waals surface area contributed by atoms with Gasteiger partial charge in [0, 0.05) is 0 Å². The van der Waals surface area contributed by atoms with E-state index in [0.717, 1.165) is 34.0 Å². The summed E-state index contributed by atoms with van der Waals surface area (Å²) in [6, 6.07) is 27.0. The predicted octanol–water partition coefficient (Wildman–Crippen LogP) is 4.59. The lowest BCUT2D eigenvalue weighted by atomic mass is 9.94. The van der Waals surface area contributed by atoms with Gasteiger partial charge in [-0.2, -0.15) is 0 Å². The molecular formula is C26H24N2O3S. The van der Waals surface area contributed by atoms with Gasteiger partial charge < -0.3 is 5.32 Å². The van der Waals surface area contributed by atoms with Crippen LogP contribution in [0.3, 0.4) is 0 Å². The molecule has 6 heteroatoms. The van der Waals surface area contributed by atoms with Crippen molar-refractivity contribution in [2.45, 2.75) is 30.6 Å². The van der Waals surface area contributed by atoms with Gasteiger partial charge in [0.2, 0.25) is 11.8 Å². The number of nitrogens with one attached hydrogen (secondary N) is 2. The molecule has 32 heavy (non-hydrogen) atoms. The highest BCUT2D eigenvalue weighted by Crippen LogP contribution is 2.27. The minimum atomic E-state index is -0.430. The average Bonchev–Trinajstić information content (AvgIpc) is 3.14. The second-order valence-electron chi connectivity index (χ2n) is 7.82. The van der Waals surface area contributed by atoms with Gasteiger partial charge >= 0.3 is 0 Å². The molecule has 3 amide bonds. The van der Waals surface area contributed by atoms with Crippen LogP contribution in [0.2, 0.25) is 0 Å². The van der Waals surface area contributed by atoms with Crippen LogP contribution in [-0.2, 0) is 16.0 Å². The van der Waals surface area contributed by atoms with E-state index >= 15 is 0 Å². The fourth-order valence-electron chi connectivity index (χ4n) is 3.81. The van der Waals surface area contributed by atoms with Crippen LogP contribution in [0.4, 0.5) is 4.79 Å². The van der Waals surface area contributed by atoms with Gasteiger partial charge in [-0.15, -0.1) is 0 Å². The molecule has 3 atom stereocenters. The van der Waals surface area contributed by atoms with Crippen molar-refractivity contribution < 1.29 is 14.4 Å². The van der Waals surface area contributed by atoms with Crippen LogP contribution in [0.5, 0.6) is 0 Å². The lowest BCUT2D eigenvalue weighted by Gasteiger charge is -2.23. The molecule has 0 spiro atoms. The Bertz CT molecular complexity index is 1120. The van der Waals surface area contributed by atoms with Crippen LogP contribution >= 0.6 is 11.8 Å². The molecule has 1 saturated heterocycles. The lowest BCUT2D eigenvalue weighted by molar-refractivity contribution is -0.122. The summed E-state index contributed by atoms with van der Waals surface area (Å²) in [7, 11) is 0. The molecule has 1 heterocycles. The third-order valence-electron chi connectivity index (χ3n) is 5.58. The molecule has 0 aliphatic carbocycles. The highest BCUT2D eigenvalue weighted by molar-refractivity contribution is 8.15. The van der Waals surface area contributed by atoms with Gasteiger partial charge in [-0.05, 0) is 35.6 Å². The van der Waals surface area contributed by atoms with Crippen molar-refractivity contribution in [3.8, 4) is 0 Å². The molecule has 3 aromatic carbocycles. The van der Waals surface area contributed by atoms with Crippen LogP contribution < -0.4 is 10.6 Å². The van der Waals surface area contributed by atoms with Crippen molar-refractivity contribution in [2.24, 2.45) is 0 Å². The third kappa shape index (κ3) is 5.08. The van der Waals surface area contributed by atoms with Crippen molar-refractivity contribution in [1.82, 2.24) is 10.6 Å². The second kappa shape index (κ2) is 9.83. The zero-order chi connectivity index (χ0) is 22.5. The van der Waals surface area contributed by atoms with E-state index in [1.807, 2.05) is 91.9 Å². The molecule has 1 aliphatic heterocycles. The standard InChI is InChI=1S/C26H24N2O3S/c1-17(19-10-4-2-5-11-19)24(29)27-23(20-12-6-3-7-13-20)21-14-8-9-18(15-21)16-22-25(30)28-26(31)32-22/h2-15,17,22-23H,16H2,1H3,(H,27,29)(H,28,30,31)/t17-,22?,23?/m1/s1. The van der Waals surface area contributed by atoms with Crippen LogP contribution in [0.15, 0.2) is 84.9 Å². The first-order chi connectivity index (χ1) is 15.5. The fraction of sp³-hybridized carbons (Fsp3) is 0.192. The first-order valence-corrected chi connectivity index (χ1v) is 11.4. The Hall–Kier alpha value is -3.38. The normalized spacial score (nSPS) is 17.5. The first-order valence-electron chi connectivity index (χ1n) is 10.5. The zero-order valence-electron chi connectivity index (χ0n) is 17.7. The van der Waals surface area contributed by atoms with Gasteiger partial charge in [-0.25, -0.2) is 0 Å². The number of benzene rings is 3. The largest absolute Gasteiger partial charge is 0.345 e. The Morgan fingerprint density at radius 3 is 2.16 bits per heavy atom. The SMILES string of the molecule is C[C@@H](C(=O)NC(c1ccccc1)c1cccc(CC2SC(=O)NC2=O)c1)c1ccccc1. The molecule has 0 aromatic heterocycles. The second-order valence-corrected chi connectivity index (χ2v) is 8.99. The maximum Gasteiger partial charge on any atom is 0.286 e. The molecule has 0 saturated carbocycles. The quantitative estimate of drug-likeness (QED) is 0.559. The fourth-order valence-corrected chi connectivity index (χ4v) is 4.67. The highest BCUT2D eigenvalue weighted by atomic mass is 32.2. The van der Waals surface area contributed by atoms with Crippen LogP contribution in [0.25, 0.3) is 0 Å². The molecule has 3 aromatic rings. The maximum atomic E-state index is 13.1. The molecule has 2 N–H and O–H groups in total. The Balaban J connectivity index is 1.59. The Morgan fingerprint density at radius 1 is 0.906 bits per heavy atom. The molecule has 1 fully saturated rings. The van der Waals surface area contributed by atoms with Crippen molar-refractivity contribution >= 4 is 28.8 Å². The molecule has 162 valence electrons. The molecule has 1 aliphatic rings.